The lowest BCUT2D eigenvalue weighted by molar-refractivity contribution is -0.0371. The molecule has 4 nitrogen and oxygen atoms in total. The molecule has 0 spiro atoms. The number of hydrogen-bond donors (Lipinski definition) is 1. The van der Waals surface area contributed by atoms with Crippen LogP contribution >= 0.6 is 23.4 Å². The molecule has 0 aromatic heterocycles. The number of aliphatic hydroxyl groups is 1. The molecule has 0 radical (unpaired) electrons. The van der Waals surface area contributed by atoms with Gasteiger partial charge in [-0.3, -0.25) is 0 Å². The normalized spacial score (nSPS) is 16.7. The number of nitrogens with zero attached hydrogens (tertiary/aromatic N) is 1. The molecule has 0 atom stereocenters. The average molecular weight is 420 g/mol. The molecule has 3 rings (SSSR count). The Hall–Kier alpha value is -1.69. The number of ether oxygens (including phenoxy) is 1. The molecule has 1 saturated heterocycles. The summed E-state index contributed by atoms with van der Waals surface area (Å²) in [6, 6.07) is 15.6. The van der Waals surface area contributed by atoms with Gasteiger partial charge in [0.25, 0.3) is 0 Å². The monoisotopic (exact) mass is 419 g/mol. The van der Waals surface area contributed by atoms with Gasteiger partial charge >= 0.3 is 6.09 Å². The molecule has 1 aliphatic heterocycles. The van der Waals surface area contributed by atoms with Crippen molar-refractivity contribution in [2.75, 3.05) is 13.1 Å². The molecule has 150 valence electrons. The summed E-state index contributed by atoms with van der Waals surface area (Å²) in [7, 11) is 0. The number of likely N-dealkylation sites (tertiary alicyclic amines) is 1. The molecule has 1 amide bonds. The zero-order valence-corrected chi connectivity index (χ0v) is 18.0. The van der Waals surface area contributed by atoms with Gasteiger partial charge in [-0.05, 0) is 69.5 Å². The van der Waals surface area contributed by atoms with Crippen LogP contribution in [0.4, 0.5) is 4.79 Å². The van der Waals surface area contributed by atoms with E-state index < -0.39 is 11.2 Å². The second kappa shape index (κ2) is 8.36. The van der Waals surface area contributed by atoms with E-state index in [1.165, 1.54) is 0 Å². The molecule has 1 N–H and O–H groups in total. The molecular weight excluding hydrogens is 394 g/mol. The van der Waals surface area contributed by atoms with E-state index in [-0.39, 0.29) is 6.09 Å². The van der Waals surface area contributed by atoms with Gasteiger partial charge in [0.2, 0.25) is 0 Å². The Morgan fingerprint density at radius 3 is 2.32 bits per heavy atom. The maximum absolute atomic E-state index is 12.3. The predicted octanol–water partition coefficient (Wildman–Crippen LogP) is 5.71. The smallest absolute Gasteiger partial charge is 0.410 e. The summed E-state index contributed by atoms with van der Waals surface area (Å²) in [5.41, 5.74) is -0.583. The summed E-state index contributed by atoms with van der Waals surface area (Å²) >= 11 is 7.58. The van der Waals surface area contributed by atoms with Gasteiger partial charge in [-0.15, -0.1) is 0 Å². The number of benzene rings is 2. The van der Waals surface area contributed by atoms with Crippen molar-refractivity contribution in [3.05, 3.63) is 59.1 Å². The molecular formula is C22H26ClNO3S. The van der Waals surface area contributed by atoms with Crippen molar-refractivity contribution in [3.63, 3.8) is 0 Å². The van der Waals surface area contributed by atoms with Crippen molar-refractivity contribution in [2.24, 2.45) is 0 Å². The highest BCUT2D eigenvalue weighted by atomic mass is 35.5. The van der Waals surface area contributed by atoms with Crippen LogP contribution < -0.4 is 0 Å². The van der Waals surface area contributed by atoms with Crippen molar-refractivity contribution < 1.29 is 14.6 Å². The van der Waals surface area contributed by atoms with Crippen LogP contribution in [0.5, 0.6) is 0 Å². The third-order valence-corrected chi connectivity index (χ3v) is 6.01. The number of piperidine rings is 1. The molecule has 2 aromatic rings. The topological polar surface area (TPSA) is 49.8 Å². The highest BCUT2D eigenvalue weighted by Gasteiger charge is 2.38. The molecule has 0 bridgehead atoms. The Bertz CT molecular complexity index is 824. The van der Waals surface area contributed by atoms with E-state index in [1.54, 1.807) is 16.7 Å². The van der Waals surface area contributed by atoms with E-state index in [2.05, 4.69) is 0 Å². The van der Waals surface area contributed by atoms with Crippen LogP contribution in [0.2, 0.25) is 5.02 Å². The van der Waals surface area contributed by atoms with Crippen LogP contribution in [0.1, 0.15) is 39.2 Å². The van der Waals surface area contributed by atoms with E-state index >= 15 is 0 Å². The second-order valence-corrected chi connectivity index (χ2v) is 9.60. The molecule has 1 fully saturated rings. The lowest BCUT2D eigenvalue weighted by Gasteiger charge is -2.39. The molecule has 28 heavy (non-hydrogen) atoms. The molecule has 1 aliphatic rings. The quantitative estimate of drug-likeness (QED) is 0.692. The Balaban J connectivity index is 1.73. The van der Waals surface area contributed by atoms with Crippen molar-refractivity contribution in [2.45, 2.75) is 54.6 Å². The van der Waals surface area contributed by atoms with Gasteiger partial charge in [-0.25, -0.2) is 4.79 Å². The third kappa shape index (κ3) is 5.22. The summed E-state index contributed by atoms with van der Waals surface area (Å²) < 4.78 is 5.45. The fourth-order valence-electron chi connectivity index (χ4n) is 3.22. The number of hydrogen-bond acceptors (Lipinski definition) is 4. The number of halogens is 1. The summed E-state index contributed by atoms with van der Waals surface area (Å²) in [5.74, 6) is 0. The summed E-state index contributed by atoms with van der Waals surface area (Å²) in [4.78, 5) is 16.1. The third-order valence-electron chi connectivity index (χ3n) is 4.67. The van der Waals surface area contributed by atoms with Gasteiger partial charge in [0, 0.05) is 27.9 Å². The Kier molecular flexibility index (Phi) is 6.28. The summed E-state index contributed by atoms with van der Waals surface area (Å²) in [6.45, 7) is 6.50. The number of amides is 1. The van der Waals surface area contributed by atoms with Gasteiger partial charge in [-0.1, -0.05) is 41.6 Å². The fraction of sp³-hybridized carbons (Fsp3) is 0.409. The van der Waals surface area contributed by atoms with Crippen LogP contribution in [-0.2, 0) is 10.3 Å². The second-order valence-electron chi connectivity index (χ2n) is 8.05. The van der Waals surface area contributed by atoms with E-state index in [0.29, 0.717) is 31.0 Å². The first-order valence-corrected chi connectivity index (χ1v) is 10.6. The Labute approximate surface area is 175 Å². The van der Waals surface area contributed by atoms with E-state index in [9.17, 15) is 9.90 Å². The SMILES string of the molecule is CC(C)(C)OC(=O)N1CCC(O)(c2ccccc2Sc2ccc(Cl)cc2)CC1. The number of carbonyl (C=O) groups is 1. The van der Waals surface area contributed by atoms with Crippen molar-refractivity contribution in [1.29, 1.82) is 0 Å². The van der Waals surface area contributed by atoms with Crippen molar-refractivity contribution in [3.8, 4) is 0 Å². The van der Waals surface area contributed by atoms with Crippen LogP contribution in [0.25, 0.3) is 0 Å². The van der Waals surface area contributed by atoms with Crippen LogP contribution in [0.3, 0.4) is 0 Å². The minimum absolute atomic E-state index is 0.321. The van der Waals surface area contributed by atoms with Gasteiger partial charge in [0.1, 0.15) is 5.60 Å². The number of carbonyl (C=O) groups excluding carboxylic acids is 1. The minimum atomic E-state index is -0.964. The molecule has 1 heterocycles. The van der Waals surface area contributed by atoms with Gasteiger partial charge < -0.3 is 14.7 Å². The lowest BCUT2D eigenvalue weighted by Crippen LogP contribution is -2.47. The van der Waals surface area contributed by atoms with Crippen LogP contribution in [-0.4, -0.2) is 34.8 Å². The molecule has 2 aromatic carbocycles. The van der Waals surface area contributed by atoms with Crippen molar-refractivity contribution in [1.82, 2.24) is 4.90 Å². The Morgan fingerprint density at radius 2 is 1.71 bits per heavy atom. The summed E-state index contributed by atoms with van der Waals surface area (Å²) in [6.07, 6.45) is 0.632. The predicted molar refractivity (Wildman–Crippen MR) is 113 cm³/mol. The zero-order chi connectivity index (χ0) is 20.4. The maximum Gasteiger partial charge on any atom is 0.410 e. The van der Waals surface area contributed by atoms with E-state index in [0.717, 1.165) is 15.4 Å². The van der Waals surface area contributed by atoms with E-state index in [4.69, 9.17) is 16.3 Å². The first-order valence-electron chi connectivity index (χ1n) is 9.40. The lowest BCUT2D eigenvalue weighted by atomic mass is 9.84. The highest BCUT2D eigenvalue weighted by molar-refractivity contribution is 7.99. The maximum atomic E-state index is 12.3. The van der Waals surface area contributed by atoms with Gasteiger partial charge in [0.05, 0.1) is 5.60 Å². The highest BCUT2D eigenvalue weighted by Crippen LogP contribution is 2.41. The first-order chi connectivity index (χ1) is 13.2. The molecule has 0 aliphatic carbocycles. The molecule has 0 saturated carbocycles. The Morgan fingerprint density at radius 1 is 1.11 bits per heavy atom. The standard InChI is InChI=1S/C22H26ClNO3S/c1-21(2,3)27-20(25)24-14-12-22(26,13-15-24)18-6-4-5-7-19(18)28-17-10-8-16(23)9-11-17/h4-11,26H,12-15H2,1-3H3. The zero-order valence-electron chi connectivity index (χ0n) is 16.4. The number of rotatable bonds is 3. The van der Waals surface area contributed by atoms with Gasteiger partial charge in [-0.2, -0.15) is 0 Å². The van der Waals surface area contributed by atoms with Gasteiger partial charge in [0.15, 0.2) is 0 Å². The largest absolute Gasteiger partial charge is 0.444 e. The fourth-order valence-corrected chi connectivity index (χ4v) is 4.39. The first kappa shape index (κ1) is 21.0. The van der Waals surface area contributed by atoms with Crippen LogP contribution in [0, 0.1) is 0 Å². The molecule has 6 heteroatoms. The van der Waals surface area contributed by atoms with Crippen molar-refractivity contribution >= 4 is 29.5 Å². The average Bonchev–Trinajstić information content (AvgIpc) is 2.63. The summed E-state index contributed by atoms with van der Waals surface area (Å²) in [5, 5.41) is 12.1. The van der Waals surface area contributed by atoms with E-state index in [1.807, 2.05) is 69.3 Å². The molecule has 0 unspecified atom stereocenters. The minimum Gasteiger partial charge on any atom is -0.444 e. The van der Waals surface area contributed by atoms with Crippen LogP contribution in [0.15, 0.2) is 58.3 Å².